The molecule has 0 atom stereocenters. The molecule has 140 valence electrons. The zero-order chi connectivity index (χ0) is 18.2. The normalized spacial score (nSPS) is 17.0. The van der Waals surface area contributed by atoms with E-state index in [-0.39, 0.29) is 5.41 Å². The first-order valence-corrected chi connectivity index (χ1v) is 10.9. The van der Waals surface area contributed by atoms with Crippen LogP contribution >= 0.6 is 0 Å². The summed E-state index contributed by atoms with van der Waals surface area (Å²) in [6.45, 7) is 4.71. The van der Waals surface area contributed by atoms with E-state index in [9.17, 15) is 8.42 Å². The van der Waals surface area contributed by atoms with Gasteiger partial charge in [-0.2, -0.15) is 0 Å². The Hall–Kier alpha value is -1.60. The summed E-state index contributed by atoms with van der Waals surface area (Å²) in [4.78, 5) is 4.79. The van der Waals surface area contributed by atoms with Crippen LogP contribution in [0.1, 0.15) is 38.2 Å². The first-order valence-electron chi connectivity index (χ1n) is 8.97. The fraction of sp³-hybridized carbons (Fsp3) is 0.611. The zero-order valence-corrected chi connectivity index (χ0v) is 16.0. The second-order valence-corrected chi connectivity index (χ2v) is 8.47. The van der Waals surface area contributed by atoms with Crippen LogP contribution in [0.5, 0.6) is 0 Å². The van der Waals surface area contributed by atoms with Crippen LogP contribution in [0.25, 0.3) is 0 Å². The third kappa shape index (κ3) is 6.32. The summed E-state index contributed by atoms with van der Waals surface area (Å²) in [5.41, 5.74) is 1.54. The van der Waals surface area contributed by atoms with Crippen molar-refractivity contribution in [3.63, 3.8) is 0 Å². The molecule has 0 radical (unpaired) electrons. The van der Waals surface area contributed by atoms with Crippen molar-refractivity contribution in [1.82, 2.24) is 15.4 Å². The molecule has 0 spiro atoms. The molecule has 0 aliphatic heterocycles. The number of hydrogen-bond donors (Lipinski definition) is 3. The number of hydrogen-bond acceptors (Lipinski definition) is 3. The summed E-state index contributed by atoms with van der Waals surface area (Å²) in [5, 5.41) is 6.55. The van der Waals surface area contributed by atoms with Crippen LogP contribution in [0.3, 0.4) is 0 Å². The Labute approximate surface area is 151 Å². The number of guanidine groups is 1. The van der Waals surface area contributed by atoms with Gasteiger partial charge in [-0.25, -0.2) is 13.1 Å². The van der Waals surface area contributed by atoms with Gasteiger partial charge in [0.2, 0.25) is 10.0 Å². The summed E-state index contributed by atoms with van der Waals surface area (Å²) in [6, 6.07) is 10.6. The van der Waals surface area contributed by atoms with E-state index in [0.29, 0.717) is 19.5 Å². The highest BCUT2D eigenvalue weighted by Gasteiger charge is 2.38. The first-order chi connectivity index (χ1) is 12.0. The lowest BCUT2D eigenvalue weighted by Gasteiger charge is -2.41. The summed E-state index contributed by atoms with van der Waals surface area (Å²) < 4.78 is 24.6. The average molecular weight is 367 g/mol. The van der Waals surface area contributed by atoms with Gasteiger partial charge in [-0.1, -0.05) is 36.8 Å². The molecule has 3 N–H and O–H groups in total. The summed E-state index contributed by atoms with van der Waals surface area (Å²) >= 11 is 0. The van der Waals surface area contributed by atoms with Crippen LogP contribution in [-0.2, 0) is 15.4 Å². The predicted molar refractivity (Wildman–Crippen MR) is 103 cm³/mol. The second kappa shape index (κ2) is 9.20. The van der Waals surface area contributed by atoms with Crippen molar-refractivity contribution < 1.29 is 8.42 Å². The Morgan fingerprint density at radius 1 is 1.16 bits per heavy atom. The third-order valence-electron chi connectivity index (χ3n) is 4.59. The minimum atomic E-state index is -3.11. The minimum Gasteiger partial charge on any atom is -0.357 e. The van der Waals surface area contributed by atoms with Crippen molar-refractivity contribution in [1.29, 1.82) is 0 Å². The van der Waals surface area contributed by atoms with Crippen molar-refractivity contribution in [3.05, 3.63) is 35.9 Å². The van der Waals surface area contributed by atoms with Gasteiger partial charge < -0.3 is 10.6 Å². The monoisotopic (exact) mass is 366 g/mol. The average Bonchev–Trinajstić information content (AvgIpc) is 2.53. The molecule has 0 aromatic heterocycles. The van der Waals surface area contributed by atoms with Crippen molar-refractivity contribution >= 4 is 16.0 Å². The molecule has 0 amide bonds. The zero-order valence-electron chi connectivity index (χ0n) is 15.2. The second-order valence-electron chi connectivity index (χ2n) is 6.64. The van der Waals surface area contributed by atoms with Crippen molar-refractivity contribution in [3.8, 4) is 0 Å². The van der Waals surface area contributed by atoms with Crippen LogP contribution in [0, 0.1) is 0 Å². The van der Waals surface area contributed by atoms with Crippen LogP contribution in [0.4, 0.5) is 0 Å². The fourth-order valence-corrected chi connectivity index (χ4v) is 3.57. The van der Waals surface area contributed by atoms with Gasteiger partial charge in [-0.3, -0.25) is 4.99 Å². The van der Waals surface area contributed by atoms with Gasteiger partial charge in [0.15, 0.2) is 5.96 Å². The van der Waals surface area contributed by atoms with Crippen LogP contribution in [-0.4, -0.2) is 46.8 Å². The molecule has 7 heteroatoms. The molecule has 0 heterocycles. The molecule has 0 unspecified atom stereocenters. The number of aliphatic imine (C=N–C) groups is 1. The minimum absolute atomic E-state index is 0.168. The molecule has 0 bridgehead atoms. The molecular formula is C18H30N4O2S. The smallest absolute Gasteiger partial charge is 0.208 e. The lowest BCUT2D eigenvalue weighted by molar-refractivity contribution is 0.253. The SMILES string of the molecule is CCNC(=NCC1(c2ccccc2)CCC1)NCCCNS(C)(=O)=O. The summed E-state index contributed by atoms with van der Waals surface area (Å²) in [7, 11) is -3.11. The van der Waals surface area contributed by atoms with Gasteiger partial charge in [0, 0.05) is 25.0 Å². The molecule has 2 rings (SSSR count). The van der Waals surface area contributed by atoms with Crippen molar-refractivity contribution in [2.24, 2.45) is 4.99 Å². The summed E-state index contributed by atoms with van der Waals surface area (Å²) in [6.07, 6.45) is 5.50. The molecule has 1 aliphatic carbocycles. The molecule has 1 fully saturated rings. The Balaban J connectivity index is 1.88. The molecule has 25 heavy (non-hydrogen) atoms. The Morgan fingerprint density at radius 3 is 2.44 bits per heavy atom. The van der Waals surface area contributed by atoms with E-state index in [0.717, 1.165) is 19.0 Å². The van der Waals surface area contributed by atoms with Crippen LogP contribution in [0.15, 0.2) is 35.3 Å². The van der Waals surface area contributed by atoms with E-state index < -0.39 is 10.0 Å². The van der Waals surface area contributed by atoms with E-state index >= 15 is 0 Å². The maximum absolute atomic E-state index is 11.1. The summed E-state index contributed by atoms with van der Waals surface area (Å²) in [5.74, 6) is 0.795. The number of sulfonamides is 1. The molecule has 1 aromatic rings. The number of nitrogens with zero attached hydrogens (tertiary/aromatic N) is 1. The van der Waals surface area contributed by atoms with Gasteiger partial charge in [0.05, 0.1) is 12.8 Å². The molecular weight excluding hydrogens is 336 g/mol. The van der Waals surface area contributed by atoms with Crippen LogP contribution in [0.2, 0.25) is 0 Å². The number of rotatable bonds is 9. The van der Waals surface area contributed by atoms with Crippen molar-refractivity contribution in [2.45, 2.75) is 38.0 Å². The van der Waals surface area contributed by atoms with Crippen molar-refractivity contribution in [2.75, 3.05) is 32.4 Å². The van der Waals surface area contributed by atoms with Gasteiger partial charge in [0.1, 0.15) is 0 Å². The van der Waals surface area contributed by atoms with Gasteiger partial charge in [-0.15, -0.1) is 0 Å². The Bertz CT molecular complexity index is 655. The third-order valence-corrected chi connectivity index (χ3v) is 5.32. The molecule has 1 saturated carbocycles. The maximum atomic E-state index is 11.1. The highest BCUT2D eigenvalue weighted by molar-refractivity contribution is 7.88. The highest BCUT2D eigenvalue weighted by Crippen LogP contribution is 2.43. The molecule has 1 aromatic carbocycles. The van der Waals surface area contributed by atoms with Gasteiger partial charge in [0.25, 0.3) is 0 Å². The van der Waals surface area contributed by atoms with E-state index in [2.05, 4.69) is 45.7 Å². The maximum Gasteiger partial charge on any atom is 0.208 e. The molecule has 0 saturated heterocycles. The quantitative estimate of drug-likeness (QED) is 0.352. The van der Waals surface area contributed by atoms with Gasteiger partial charge in [-0.05, 0) is 31.7 Å². The fourth-order valence-electron chi connectivity index (χ4n) is 3.06. The first kappa shape index (κ1) is 19.7. The Kier molecular flexibility index (Phi) is 7.25. The highest BCUT2D eigenvalue weighted by atomic mass is 32.2. The lowest BCUT2D eigenvalue weighted by Crippen LogP contribution is -2.42. The largest absolute Gasteiger partial charge is 0.357 e. The number of nitrogens with one attached hydrogen (secondary N) is 3. The van der Waals surface area contributed by atoms with E-state index in [1.165, 1.54) is 31.1 Å². The topological polar surface area (TPSA) is 82.6 Å². The molecule has 6 nitrogen and oxygen atoms in total. The van der Waals surface area contributed by atoms with E-state index in [4.69, 9.17) is 4.99 Å². The van der Waals surface area contributed by atoms with Gasteiger partial charge >= 0.3 is 0 Å². The molecule has 1 aliphatic rings. The van der Waals surface area contributed by atoms with E-state index in [1.807, 2.05) is 6.92 Å². The predicted octanol–water partition coefficient (Wildman–Crippen LogP) is 1.60. The lowest BCUT2D eigenvalue weighted by atomic mass is 9.64. The number of benzene rings is 1. The van der Waals surface area contributed by atoms with Crippen LogP contribution < -0.4 is 15.4 Å². The Morgan fingerprint density at radius 2 is 1.88 bits per heavy atom. The standard InChI is InChI=1S/C18H30N4O2S/c1-3-19-17(20-13-8-14-22-25(2,23)24)21-15-18(11-7-12-18)16-9-5-4-6-10-16/h4-6,9-10,22H,3,7-8,11-15H2,1-2H3,(H2,19,20,21). The van der Waals surface area contributed by atoms with E-state index in [1.54, 1.807) is 0 Å².